The molecule has 282 valence electrons. The van der Waals surface area contributed by atoms with Gasteiger partial charge in [0.15, 0.2) is 0 Å². The third kappa shape index (κ3) is 5.65. The molecule has 0 bridgehead atoms. The fourth-order valence-corrected chi connectivity index (χ4v) is 10.1. The number of thiophene rings is 1. The Labute approximate surface area is 351 Å². The first-order valence-electron chi connectivity index (χ1n) is 20.3. The summed E-state index contributed by atoms with van der Waals surface area (Å²) in [6, 6.07) is 78.8. The lowest BCUT2D eigenvalue weighted by Crippen LogP contribution is -2.17. The molecule has 3 nitrogen and oxygen atoms in total. The van der Waals surface area contributed by atoms with Crippen molar-refractivity contribution in [3.05, 3.63) is 218 Å². The van der Waals surface area contributed by atoms with Gasteiger partial charge in [-0.2, -0.15) is 0 Å². The molecular weight excluding hydrogens is 749 g/mol. The lowest BCUT2D eigenvalue weighted by atomic mass is 9.96. The van der Waals surface area contributed by atoms with Crippen LogP contribution in [-0.4, -0.2) is 0 Å². The van der Waals surface area contributed by atoms with Crippen LogP contribution in [0.25, 0.3) is 74.8 Å². The van der Waals surface area contributed by atoms with E-state index in [-0.39, 0.29) is 0 Å². The van der Waals surface area contributed by atoms with E-state index in [1.807, 2.05) is 11.3 Å². The molecule has 10 aromatic carbocycles. The number of hydrogen-bond acceptors (Lipinski definition) is 4. The first-order valence-corrected chi connectivity index (χ1v) is 21.1. The minimum atomic E-state index is 0.833. The molecule has 0 spiro atoms. The minimum absolute atomic E-state index is 0.833. The van der Waals surface area contributed by atoms with Gasteiger partial charge in [0, 0.05) is 59.5 Å². The predicted octanol–water partition coefficient (Wildman–Crippen LogP) is 16.9. The summed E-state index contributed by atoms with van der Waals surface area (Å²) in [6.07, 6.45) is 0. The summed E-state index contributed by atoms with van der Waals surface area (Å²) in [5.74, 6) is 0. The second kappa shape index (κ2) is 14.0. The number of rotatable bonds is 7. The highest BCUT2D eigenvalue weighted by atomic mass is 32.1. The van der Waals surface area contributed by atoms with Crippen LogP contribution in [0.3, 0.4) is 0 Å². The van der Waals surface area contributed by atoms with Gasteiger partial charge in [-0.05, 0) is 100 Å². The average Bonchev–Trinajstić information content (AvgIpc) is 3.86. The first kappa shape index (κ1) is 34.4. The van der Waals surface area contributed by atoms with Gasteiger partial charge in [-0.1, -0.05) is 140 Å². The van der Waals surface area contributed by atoms with Crippen molar-refractivity contribution in [3.63, 3.8) is 0 Å². The van der Waals surface area contributed by atoms with Gasteiger partial charge in [-0.15, -0.1) is 11.3 Å². The second-order valence-corrected chi connectivity index (χ2v) is 16.4. The molecule has 12 aromatic rings. The standard InChI is InChI=1S/C56H36N2OS/c1-4-16-37(17-5-1)43-29-30-50(45-25-13-12-24-44(43)45)58(41-22-8-3-9-23-41)51-35-48-47-32-38-18-10-11-19-39(38)33-53(47)59-54(48)36-52(51)57(40-20-6-2-7-21-40)42-28-31-56-49(34-42)46-26-14-15-27-55(46)60-56/h1-36H. The molecule has 0 unspecified atom stereocenters. The molecule has 0 N–H and O–H groups in total. The normalized spacial score (nSPS) is 11.7. The molecule has 0 aliphatic carbocycles. The molecule has 2 aromatic heterocycles. The zero-order valence-electron chi connectivity index (χ0n) is 32.5. The molecular formula is C56H36N2OS. The van der Waals surface area contributed by atoms with Crippen molar-refractivity contribution in [3.8, 4) is 11.1 Å². The van der Waals surface area contributed by atoms with Gasteiger partial charge >= 0.3 is 0 Å². The largest absolute Gasteiger partial charge is 0.456 e. The molecule has 0 fully saturated rings. The van der Waals surface area contributed by atoms with Gasteiger partial charge in [0.25, 0.3) is 0 Å². The zero-order valence-corrected chi connectivity index (χ0v) is 33.3. The summed E-state index contributed by atoms with van der Waals surface area (Å²) in [5.41, 5.74) is 10.4. The Balaban J connectivity index is 1.20. The third-order valence-corrected chi connectivity index (χ3v) is 12.9. The zero-order chi connectivity index (χ0) is 39.6. The lowest BCUT2D eigenvalue weighted by Gasteiger charge is -2.34. The maximum Gasteiger partial charge on any atom is 0.137 e. The fraction of sp³-hybridized carbons (Fsp3) is 0. The van der Waals surface area contributed by atoms with Gasteiger partial charge in [-0.25, -0.2) is 0 Å². The molecule has 60 heavy (non-hydrogen) atoms. The molecule has 0 saturated heterocycles. The topological polar surface area (TPSA) is 19.6 Å². The molecule has 4 heteroatoms. The Morgan fingerprint density at radius 3 is 1.65 bits per heavy atom. The Bertz CT molecular complexity index is 3560. The lowest BCUT2D eigenvalue weighted by molar-refractivity contribution is 0.669. The summed E-state index contributed by atoms with van der Waals surface area (Å²) in [6.45, 7) is 0. The van der Waals surface area contributed by atoms with Crippen LogP contribution >= 0.6 is 11.3 Å². The SMILES string of the molecule is c1ccc(-c2ccc(N(c3ccccc3)c3cc4c(cc3N(c3ccccc3)c3ccc5sc6ccccc6c5c3)oc3cc5ccccc5cc34)c3ccccc23)cc1. The quantitative estimate of drug-likeness (QED) is 0.160. The highest BCUT2D eigenvalue weighted by molar-refractivity contribution is 7.25. The van der Waals surface area contributed by atoms with E-state index in [1.54, 1.807) is 0 Å². The van der Waals surface area contributed by atoms with Gasteiger partial charge in [0.1, 0.15) is 11.2 Å². The average molecular weight is 785 g/mol. The van der Waals surface area contributed by atoms with Crippen LogP contribution in [0, 0.1) is 0 Å². The predicted molar refractivity (Wildman–Crippen MR) is 256 cm³/mol. The number of hydrogen-bond donors (Lipinski definition) is 0. The number of fused-ring (bicyclic) bond motifs is 8. The van der Waals surface area contributed by atoms with Gasteiger partial charge in [0.05, 0.1) is 17.1 Å². The van der Waals surface area contributed by atoms with E-state index in [9.17, 15) is 0 Å². The van der Waals surface area contributed by atoms with Crippen molar-refractivity contribution in [1.82, 2.24) is 0 Å². The molecule has 0 saturated carbocycles. The molecule has 12 rings (SSSR count). The molecule has 0 radical (unpaired) electrons. The van der Waals surface area contributed by atoms with Gasteiger partial charge in [0.2, 0.25) is 0 Å². The van der Waals surface area contributed by atoms with Crippen LogP contribution in [-0.2, 0) is 0 Å². The first-order chi connectivity index (χ1) is 29.7. The van der Waals surface area contributed by atoms with E-state index in [0.717, 1.165) is 66.8 Å². The van der Waals surface area contributed by atoms with E-state index < -0.39 is 0 Å². The van der Waals surface area contributed by atoms with Crippen molar-refractivity contribution in [1.29, 1.82) is 0 Å². The fourth-order valence-electron chi connectivity index (χ4n) is 9.03. The number of benzene rings is 10. The number of anilines is 6. The van der Waals surface area contributed by atoms with Gasteiger partial charge in [-0.3, -0.25) is 0 Å². The van der Waals surface area contributed by atoms with Crippen LogP contribution < -0.4 is 9.80 Å². The Morgan fingerprint density at radius 2 is 0.883 bits per heavy atom. The van der Waals surface area contributed by atoms with Crippen molar-refractivity contribution in [2.45, 2.75) is 0 Å². The molecule has 0 atom stereocenters. The Hall–Kier alpha value is -7.66. The maximum absolute atomic E-state index is 6.88. The summed E-state index contributed by atoms with van der Waals surface area (Å²) in [4.78, 5) is 4.85. The molecule has 2 heterocycles. The van der Waals surface area contributed by atoms with Crippen LogP contribution in [0.1, 0.15) is 0 Å². The third-order valence-electron chi connectivity index (χ3n) is 11.8. The summed E-state index contributed by atoms with van der Waals surface area (Å²) >= 11 is 1.84. The van der Waals surface area contributed by atoms with Crippen LogP contribution in [0.15, 0.2) is 223 Å². The summed E-state index contributed by atoms with van der Waals surface area (Å²) in [7, 11) is 0. The Kier molecular flexibility index (Phi) is 8.03. The number of furan rings is 1. The van der Waals surface area contributed by atoms with Crippen LogP contribution in [0.2, 0.25) is 0 Å². The van der Waals surface area contributed by atoms with E-state index in [2.05, 4.69) is 228 Å². The van der Waals surface area contributed by atoms with Crippen molar-refractivity contribution in [2.24, 2.45) is 0 Å². The number of para-hydroxylation sites is 2. The monoisotopic (exact) mass is 784 g/mol. The maximum atomic E-state index is 6.88. The highest BCUT2D eigenvalue weighted by Crippen LogP contribution is 2.51. The van der Waals surface area contributed by atoms with Crippen molar-refractivity contribution < 1.29 is 4.42 Å². The van der Waals surface area contributed by atoms with E-state index >= 15 is 0 Å². The minimum Gasteiger partial charge on any atom is -0.456 e. The summed E-state index contributed by atoms with van der Waals surface area (Å²) in [5, 5.41) is 9.36. The van der Waals surface area contributed by atoms with Gasteiger partial charge < -0.3 is 14.2 Å². The highest BCUT2D eigenvalue weighted by Gasteiger charge is 2.27. The van der Waals surface area contributed by atoms with E-state index in [4.69, 9.17) is 4.42 Å². The smallest absolute Gasteiger partial charge is 0.137 e. The summed E-state index contributed by atoms with van der Waals surface area (Å²) < 4.78 is 9.43. The Morgan fingerprint density at radius 1 is 0.317 bits per heavy atom. The number of nitrogens with zero attached hydrogens (tertiary/aromatic N) is 2. The molecule has 0 amide bonds. The van der Waals surface area contributed by atoms with Crippen molar-refractivity contribution >= 4 is 109 Å². The van der Waals surface area contributed by atoms with Crippen LogP contribution in [0.5, 0.6) is 0 Å². The van der Waals surface area contributed by atoms with Crippen molar-refractivity contribution in [2.75, 3.05) is 9.80 Å². The van der Waals surface area contributed by atoms with E-state index in [1.165, 1.54) is 42.1 Å². The molecule has 0 aliphatic heterocycles. The molecule has 0 aliphatic rings. The van der Waals surface area contributed by atoms with E-state index in [0.29, 0.717) is 0 Å². The van der Waals surface area contributed by atoms with Crippen LogP contribution in [0.4, 0.5) is 34.1 Å². The second-order valence-electron chi connectivity index (χ2n) is 15.3.